The van der Waals surface area contributed by atoms with Crippen LogP contribution in [0.4, 0.5) is 17.3 Å². The predicted octanol–water partition coefficient (Wildman–Crippen LogP) is 2.47. The maximum atomic E-state index is 13.0. The van der Waals surface area contributed by atoms with Crippen molar-refractivity contribution in [2.75, 3.05) is 35.9 Å². The van der Waals surface area contributed by atoms with Gasteiger partial charge in [0.15, 0.2) is 0 Å². The third kappa shape index (κ3) is 5.04. The van der Waals surface area contributed by atoms with Crippen molar-refractivity contribution < 1.29 is 22.9 Å². The standard InChI is InChI=1S/C21H23N5O6S/c1-3-32-21(27)16-10-12-25(13-11-16)20-18(26(28)29)8-9-19(23-20)24(2)33(30,31)17-6-4-15(14-22)5-7-17/h4-9,16H,3,10-13H2,1-2H3. The summed E-state index contributed by atoms with van der Waals surface area (Å²) in [5.74, 6) is -0.529. The minimum absolute atomic E-state index is 0.00692. The number of hydrogen-bond donors (Lipinski definition) is 0. The number of nitrogens with zero attached hydrogens (tertiary/aromatic N) is 5. The molecule has 174 valence electrons. The number of carbonyl (C=O) groups is 1. The minimum atomic E-state index is -4.01. The fourth-order valence-corrected chi connectivity index (χ4v) is 4.70. The summed E-state index contributed by atoms with van der Waals surface area (Å²) >= 11 is 0. The Labute approximate surface area is 191 Å². The summed E-state index contributed by atoms with van der Waals surface area (Å²) in [6.07, 6.45) is 0.891. The smallest absolute Gasteiger partial charge is 0.311 e. The Kier molecular flexibility index (Phi) is 7.13. The quantitative estimate of drug-likeness (QED) is 0.336. The van der Waals surface area contributed by atoms with Gasteiger partial charge in [-0.05, 0) is 50.1 Å². The number of nitro groups is 1. The van der Waals surface area contributed by atoms with E-state index in [9.17, 15) is 23.3 Å². The Morgan fingerprint density at radius 3 is 2.45 bits per heavy atom. The summed E-state index contributed by atoms with van der Waals surface area (Å²) in [5.41, 5.74) is 0.0658. The van der Waals surface area contributed by atoms with Crippen molar-refractivity contribution in [2.24, 2.45) is 5.92 Å². The van der Waals surface area contributed by atoms with Crippen molar-refractivity contribution in [3.05, 3.63) is 52.1 Å². The van der Waals surface area contributed by atoms with Gasteiger partial charge in [-0.1, -0.05) is 0 Å². The maximum absolute atomic E-state index is 13.0. The highest BCUT2D eigenvalue weighted by atomic mass is 32.2. The van der Waals surface area contributed by atoms with E-state index in [1.807, 2.05) is 6.07 Å². The van der Waals surface area contributed by atoms with E-state index in [1.165, 1.54) is 43.4 Å². The molecule has 12 heteroatoms. The van der Waals surface area contributed by atoms with E-state index >= 15 is 0 Å². The Morgan fingerprint density at radius 1 is 1.27 bits per heavy atom. The number of nitriles is 1. The summed E-state index contributed by atoms with van der Waals surface area (Å²) in [6, 6.07) is 9.84. The van der Waals surface area contributed by atoms with Crippen LogP contribution in [0.3, 0.4) is 0 Å². The Morgan fingerprint density at radius 2 is 1.91 bits per heavy atom. The summed E-state index contributed by atoms with van der Waals surface area (Å²) in [4.78, 5) is 29.0. The molecular formula is C21H23N5O6S. The lowest BCUT2D eigenvalue weighted by atomic mass is 9.97. The zero-order valence-corrected chi connectivity index (χ0v) is 19.0. The van der Waals surface area contributed by atoms with Gasteiger partial charge in [0, 0.05) is 26.2 Å². The third-order valence-electron chi connectivity index (χ3n) is 5.42. The molecular weight excluding hydrogens is 450 g/mol. The minimum Gasteiger partial charge on any atom is -0.466 e. The number of rotatable bonds is 7. The maximum Gasteiger partial charge on any atom is 0.311 e. The van der Waals surface area contributed by atoms with Crippen LogP contribution < -0.4 is 9.21 Å². The molecule has 1 fully saturated rings. The molecule has 0 saturated carbocycles. The number of hydrogen-bond acceptors (Lipinski definition) is 9. The van der Waals surface area contributed by atoms with Gasteiger partial charge in [-0.3, -0.25) is 19.2 Å². The van der Waals surface area contributed by atoms with Gasteiger partial charge in [0.2, 0.25) is 5.82 Å². The van der Waals surface area contributed by atoms with E-state index in [0.717, 1.165) is 4.31 Å². The average molecular weight is 474 g/mol. The van der Waals surface area contributed by atoms with Gasteiger partial charge in [-0.2, -0.15) is 5.26 Å². The van der Waals surface area contributed by atoms with Crippen LogP contribution >= 0.6 is 0 Å². The van der Waals surface area contributed by atoms with Gasteiger partial charge >= 0.3 is 11.7 Å². The van der Waals surface area contributed by atoms with Crippen molar-refractivity contribution in [3.8, 4) is 6.07 Å². The fourth-order valence-electron chi connectivity index (χ4n) is 3.55. The van der Waals surface area contributed by atoms with Gasteiger partial charge in [0.1, 0.15) is 5.82 Å². The number of pyridine rings is 1. The molecule has 0 spiro atoms. The number of esters is 1. The van der Waals surface area contributed by atoms with Crippen molar-refractivity contribution in [3.63, 3.8) is 0 Å². The summed E-state index contributed by atoms with van der Waals surface area (Å²) < 4.78 is 32.0. The van der Waals surface area contributed by atoms with Crippen LogP contribution in [-0.2, 0) is 19.6 Å². The molecule has 0 N–H and O–H groups in total. The van der Waals surface area contributed by atoms with Crippen LogP contribution in [0.25, 0.3) is 0 Å². The van der Waals surface area contributed by atoms with Crippen LogP contribution in [-0.4, -0.2) is 51.0 Å². The van der Waals surface area contributed by atoms with Gasteiger partial charge in [-0.15, -0.1) is 0 Å². The lowest BCUT2D eigenvalue weighted by molar-refractivity contribution is -0.384. The van der Waals surface area contributed by atoms with Gasteiger partial charge < -0.3 is 9.64 Å². The molecule has 0 radical (unpaired) electrons. The molecule has 0 unspecified atom stereocenters. The lowest BCUT2D eigenvalue weighted by Gasteiger charge is -2.31. The second kappa shape index (κ2) is 9.83. The molecule has 11 nitrogen and oxygen atoms in total. The zero-order valence-electron chi connectivity index (χ0n) is 18.2. The number of aromatic nitrogens is 1. The molecule has 0 aliphatic carbocycles. The van der Waals surface area contributed by atoms with Gasteiger partial charge in [0.05, 0.1) is 34.0 Å². The number of benzene rings is 1. The molecule has 0 bridgehead atoms. The molecule has 1 aromatic heterocycles. The molecule has 0 amide bonds. The first kappa shape index (κ1) is 23.9. The number of piperidine rings is 1. The second-order valence-corrected chi connectivity index (χ2v) is 9.36. The van der Waals surface area contributed by atoms with Crippen LogP contribution in [0.15, 0.2) is 41.3 Å². The lowest BCUT2D eigenvalue weighted by Crippen LogP contribution is -2.38. The molecule has 1 aliphatic rings. The van der Waals surface area contributed by atoms with Gasteiger partial charge in [-0.25, -0.2) is 13.4 Å². The molecule has 1 aliphatic heterocycles. The highest BCUT2D eigenvalue weighted by Gasteiger charge is 2.31. The molecule has 0 atom stereocenters. The molecule has 33 heavy (non-hydrogen) atoms. The fraction of sp³-hybridized carbons (Fsp3) is 0.381. The summed E-state index contributed by atoms with van der Waals surface area (Å²) in [6.45, 7) is 2.70. The Hall–Kier alpha value is -3.72. The highest BCUT2D eigenvalue weighted by molar-refractivity contribution is 7.92. The van der Waals surface area contributed by atoms with E-state index < -0.39 is 14.9 Å². The van der Waals surface area contributed by atoms with Crippen molar-refractivity contribution in [1.82, 2.24) is 4.98 Å². The first-order valence-corrected chi connectivity index (χ1v) is 11.7. The van der Waals surface area contributed by atoms with E-state index in [1.54, 1.807) is 11.8 Å². The van der Waals surface area contributed by atoms with E-state index in [0.29, 0.717) is 31.5 Å². The van der Waals surface area contributed by atoms with E-state index in [2.05, 4.69) is 4.98 Å². The number of ether oxygens (including phenoxy) is 1. The number of sulfonamides is 1. The van der Waals surface area contributed by atoms with Gasteiger partial charge in [0.25, 0.3) is 10.0 Å². The Bertz CT molecular complexity index is 1180. The normalized spacial score (nSPS) is 14.4. The van der Waals surface area contributed by atoms with Crippen LogP contribution in [0.5, 0.6) is 0 Å². The first-order valence-electron chi connectivity index (χ1n) is 10.2. The average Bonchev–Trinajstić information content (AvgIpc) is 2.83. The van der Waals surface area contributed by atoms with Crippen LogP contribution in [0.2, 0.25) is 0 Å². The van der Waals surface area contributed by atoms with Crippen LogP contribution in [0, 0.1) is 27.4 Å². The highest BCUT2D eigenvalue weighted by Crippen LogP contribution is 2.33. The Balaban J connectivity index is 1.89. The van der Waals surface area contributed by atoms with Crippen molar-refractivity contribution >= 4 is 33.3 Å². The monoisotopic (exact) mass is 473 g/mol. The summed E-state index contributed by atoms with van der Waals surface area (Å²) in [5, 5.41) is 20.5. The molecule has 2 aromatic rings. The topological polar surface area (TPSA) is 147 Å². The zero-order chi connectivity index (χ0) is 24.2. The molecule has 1 saturated heterocycles. The molecule has 3 rings (SSSR count). The number of carbonyl (C=O) groups excluding carboxylic acids is 1. The van der Waals surface area contributed by atoms with Crippen molar-refractivity contribution in [2.45, 2.75) is 24.7 Å². The third-order valence-corrected chi connectivity index (χ3v) is 7.19. The van der Waals surface area contributed by atoms with Crippen LogP contribution in [0.1, 0.15) is 25.3 Å². The molecule has 2 heterocycles. The van der Waals surface area contributed by atoms with Crippen molar-refractivity contribution in [1.29, 1.82) is 5.26 Å². The molecule has 1 aromatic carbocycles. The van der Waals surface area contributed by atoms with E-state index in [-0.39, 0.29) is 40.7 Å². The summed E-state index contributed by atoms with van der Waals surface area (Å²) in [7, 11) is -2.71. The largest absolute Gasteiger partial charge is 0.466 e. The van der Waals surface area contributed by atoms with E-state index in [4.69, 9.17) is 10.00 Å². The predicted molar refractivity (Wildman–Crippen MR) is 119 cm³/mol. The number of anilines is 2. The first-order chi connectivity index (χ1) is 15.7. The second-order valence-electron chi connectivity index (χ2n) is 7.39. The SMILES string of the molecule is CCOC(=O)C1CCN(c2nc(N(C)S(=O)(=O)c3ccc(C#N)cc3)ccc2[N+](=O)[O-])CC1.